The summed E-state index contributed by atoms with van der Waals surface area (Å²) in [4.78, 5) is 11.8. The molecule has 0 saturated carbocycles. The fraction of sp³-hybridized carbons (Fsp3) is 0.444. The van der Waals surface area contributed by atoms with Crippen molar-refractivity contribution in [2.24, 2.45) is 10.5 Å². The quantitative estimate of drug-likeness (QED) is 0.864. The van der Waals surface area contributed by atoms with E-state index in [1.54, 1.807) is 0 Å². The van der Waals surface area contributed by atoms with E-state index in [0.29, 0.717) is 5.75 Å². The summed E-state index contributed by atoms with van der Waals surface area (Å²) in [6.45, 7) is 8.47. The molecule has 1 aromatic carbocycles. The van der Waals surface area contributed by atoms with Crippen molar-refractivity contribution in [3.05, 3.63) is 41.5 Å². The minimum absolute atomic E-state index is 0.0354. The Morgan fingerprint density at radius 3 is 2.77 bits per heavy atom. The summed E-state index contributed by atoms with van der Waals surface area (Å²) in [5.41, 5.74) is 6.08. The molecule has 118 valence electrons. The molecular weight excluding hydrogens is 276 g/mol. The summed E-state index contributed by atoms with van der Waals surface area (Å²) in [7, 11) is 0. The second kappa shape index (κ2) is 6.77. The Morgan fingerprint density at radius 1 is 1.32 bits per heavy atom. The lowest BCUT2D eigenvalue weighted by Crippen LogP contribution is -2.28. The van der Waals surface area contributed by atoms with Crippen molar-refractivity contribution in [1.29, 1.82) is 0 Å². The van der Waals surface area contributed by atoms with Crippen LogP contribution in [-0.4, -0.2) is 18.2 Å². The summed E-state index contributed by atoms with van der Waals surface area (Å²) in [6, 6.07) is 7.62. The fourth-order valence-corrected chi connectivity index (χ4v) is 2.79. The lowest BCUT2D eigenvalue weighted by Gasteiger charge is -2.29. The normalized spacial score (nSPS) is 18.7. The van der Waals surface area contributed by atoms with Crippen LogP contribution in [0.4, 0.5) is 0 Å². The zero-order valence-corrected chi connectivity index (χ0v) is 13.8. The molecule has 2 rings (SSSR count). The van der Waals surface area contributed by atoms with Crippen LogP contribution in [0.25, 0.3) is 0 Å². The minimum atomic E-state index is -0.247. The van der Waals surface area contributed by atoms with Gasteiger partial charge in [-0.15, -0.1) is 0 Å². The first-order valence-corrected chi connectivity index (χ1v) is 7.56. The number of nitrogens with zero attached hydrogens (tertiary/aromatic N) is 1. The predicted molar refractivity (Wildman–Crippen MR) is 89.0 cm³/mol. The number of rotatable bonds is 4. The number of amides is 1. The average Bonchev–Trinajstić information content (AvgIpc) is 2.41. The van der Waals surface area contributed by atoms with E-state index in [0.717, 1.165) is 24.1 Å². The minimum Gasteiger partial charge on any atom is -0.484 e. The highest BCUT2D eigenvalue weighted by molar-refractivity contribution is 5.97. The number of hydrazone groups is 1. The van der Waals surface area contributed by atoms with Crippen molar-refractivity contribution in [2.75, 3.05) is 6.61 Å². The Balaban J connectivity index is 1.87. The Kier molecular flexibility index (Phi) is 5.01. The van der Waals surface area contributed by atoms with Crippen molar-refractivity contribution in [1.82, 2.24) is 5.43 Å². The van der Waals surface area contributed by atoms with Crippen molar-refractivity contribution in [3.63, 3.8) is 0 Å². The van der Waals surface area contributed by atoms with E-state index in [-0.39, 0.29) is 17.9 Å². The first kappa shape index (κ1) is 16.3. The molecule has 0 aromatic heterocycles. The van der Waals surface area contributed by atoms with Crippen molar-refractivity contribution >= 4 is 11.6 Å². The molecule has 0 radical (unpaired) electrons. The third-order valence-electron chi connectivity index (χ3n) is 3.51. The van der Waals surface area contributed by atoms with E-state index < -0.39 is 0 Å². The Hall–Kier alpha value is -2.10. The van der Waals surface area contributed by atoms with Crippen molar-refractivity contribution in [2.45, 2.75) is 40.5 Å². The number of allylic oxidation sites excluding steroid dienone is 2. The SMILES string of the molecule is CC1=C/C(=N/NC(=O)COc2cccc(C)c2)CC(C)(C)C1. The van der Waals surface area contributed by atoms with Crippen LogP contribution in [0.5, 0.6) is 5.75 Å². The van der Waals surface area contributed by atoms with Crippen LogP contribution in [-0.2, 0) is 4.79 Å². The van der Waals surface area contributed by atoms with Gasteiger partial charge in [-0.3, -0.25) is 4.79 Å². The topological polar surface area (TPSA) is 50.7 Å². The molecule has 0 saturated heterocycles. The van der Waals surface area contributed by atoms with Gasteiger partial charge in [-0.2, -0.15) is 5.10 Å². The highest BCUT2D eigenvalue weighted by atomic mass is 16.5. The first-order chi connectivity index (χ1) is 10.3. The molecule has 1 aliphatic rings. The fourth-order valence-electron chi connectivity index (χ4n) is 2.79. The second-order valence-corrected chi connectivity index (χ2v) is 6.75. The molecule has 22 heavy (non-hydrogen) atoms. The van der Waals surface area contributed by atoms with Gasteiger partial charge in [-0.1, -0.05) is 31.6 Å². The highest BCUT2D eigenvalue weighted by Gasteiger charge is 2.24. The Labute approximate surface area is 132 Å². The molecule has 4 nitrogen and oxygen atoms in total. The van der Waals surface area contributed by atoms with Crippen LogP contribution in [0.2, 0.25) is 0 Å². The molecule has 1 amide bonds. The van der Waals surface area contributed by atoms with E-state index in [1.807, 2.05) is 37.3 Å². The summed E-state index contributed by atoms with van der Waals surface area (Å²) in [5, 5.41) is 4.22. The van der Waals surface area contributed by atoms with Gasteiger partial charge in [0.25, 0.3) is 5.91 Å². The van der Waals surface area contributed by atoms with Crippen molar-refractivity contribution < 1.29 is 9.53 Å². The summed E-state index contributed by atoms with van der Waals surface area (Å²) >= 11 is 0. The zero-order chi connectivity index (χ0) is 16.2. The standard InChI is InChI=1S/C18H24N2O2/c1-13-6-5-7-16(9-13)22-12-17(21)20-19-15-8-14(2)10-18(3,4)11-15/h5-9H,10-12H2,1-4H3,(H,20,21)/b19-15-. The Morgan fingerprint density at radius 2 is 2.09 bits per heavy atom. The van der Waals surface area contributed by atoms with Gasteiger partial charge in [0, 0.05) is 0 Å². The van der Waals surface area contributed by atoms with Gasteiger partial charge >= 0.3 is 0 Å². The van der Waals surface area contributed by atoms with Gasteiger partial charge in [-0.25, -0.2) is 5.43 Å². The predicted octanol–water partition coefficient (Wildman–Crippen LogP) is 3.61. The van der Waals surface area contributed by atoms with Gasteiger partial charge in [-0.05, 0) is 55.9 Å². The maximum Gasteiger partial charge on any atom is 0.277 e. The van der Waals surface area contributed by atoms with Gasteiger partial charge in [0.15, 0.2) is 6.61 Å². The third kappa shape index (κ3) is 5.02. The van der Waals surface area contributed by atoms with Crippen LogP contribution in [0.1, 0.15) is 39.2 Å². The summed E-state index contributed by atoms with van der Waals surface area (Å²) in [5.74, 6) is 0.445. The number of aryl methyl sites for hydroxylation is 1. The number of carbonyl (C=O) groups excluding carboxylic acids is 1. The van der Waals surface area contributed by atoms with E-state index in [2.05, 4.69) is 31.3 Å². The number of hydrogen-bond acceptors (Lipinski definition) is 3. The van der Waals surface area contributed by atoms with Crippen LogP contribution >= 0.6 is 0 Å². The third-order valence-corrected chi connectivity index (χ3v) is 3.51. The van der Waals surface area contributed by atoms with E-state index in [4.69, 9.17) is 4.74 Å². The molecule has 0 unspecified atom stereocenters. The summed E-state index contributed by atoms with van der Waals surface area (Å²) in [6.07, 6.45) is 3.98. The second-order valence-electron chi connectivity index (χ2n) is 6.75. The van der Waals surface area contributed by atoms with E-state index in [1.165, 1.54) is 5.57 Å². The molecule has 1 aromatic rings. The molecule has 0 spiro atoms. The molecule has 0 aliphatic heterocycles. The van der Waals surface area contributed by atoms with Gasteiger partial charge in [0.05, 0.1) is 5.71 Å². The number of carbonyl (C=O) groups is 1. The highest BCUT2D eigenvalue weighted by Crippen LogP contribution is 2.33. The molecule has 4 heteroatoms. The molecule has 0 bridgehead atoms. The first-order valence-electron chi connectivity index (χ1n) is 7.56. The van der Waals surface area contributed by atoms with Crippen LogP contribution < -0.4 is 10.2 Å². The number of ether oxygens (including phenoxy) is 1. The monoisotopic (exact) mass is 300 g/mol. The zero-order valence-electron chi connectivity index (χ0n) is 13.8. The average molecular weight is 300 g/mol. The Bertz CT molecular complexity index is 615. The van der Waals surface area contributed by atoms with Crippen LogP contribution in [0, 0.1) is 12.3 Å². The molecule has 0 atom stereocenters. The number of benzene rings is 1. The number of hydrogen-bond donors (Lipinski definition) is 1. The van der Waals surface area contributed by atoms with Crippen LogP contribution in [0.3, 0.4) is 0 Å². The summed E-state index contributed by atoms with van der Waals surface area (Å²) < 4.78 is 5.45. The van der Waals surface area contributed by atoms with E-state index >= 15 is 0 Å². The molecule has 1 aliphatic carbocycles. The van der Waals surface area contributed by atoms with E-state index in [9.17, 15) is 4.79 Å². The van der Waals surface area contributed by atoms with Gasteiger partial charge in [0.2, 0.25) is 0 Å². The largest absolute Gasteiger partial charge is 0.484 e. The maximum absolute atomic E-state index is 11.8. The smallest absolute Gasteiger partial charge is 0.277 e. The molecule has 1 N–H and O–H groups in total. The lowest BCUT2D eigenvalue weighted by atomic mass is 9.77. The molecule has 0 fully saturated rings. The van der Waals surface area contributed by atoms with Gasteiger partial charge in [0.1, 0.15) is 5.75 Å². The lowest BCUT2D eigenvalue weighted by molar-refractivity contribution is -0.123. The van der Waals surface area contributed by atoms with Crippen LogP contribution in [0.15, 0.2) is 41.0 Å². The maximum atomic E-state index is 11.8. The molecular formula is C18H24N2O2. The van der Waals surface area contributed by atoms with Crippen molar-refractivity contribution in [3.8, 4) is 5.75 Å². The number of nitrogens with one attached hydrogen (secondary N) is 1. The van der Waals surface area contributed by atoms with Gasteiger partial charge < -0.3 is 4.74 Å². The molecule has 0 heterocycles.